The number of sulfonamides is 1. The highest BCUT2D eigenvalue weighted by Crippen LogP contribution is 2.15. The second-order valence-electron chi connectivity index (χ2n) is 6.83. The summed E-state index contributed by atoms with van der Waals surface area (Å²) in [7, 11) is -1.71. The number of benzene rings is 2. The van der Waals surface area contributed by atoms with E-state index in [0.29, 0.717) is 19.1 Å². The number of nitrogens with one attached hydrogen (secondary N) is 3. The summed E-state index contributed by atoms with van der Waals surface area (Å²) < 4.78 is 32.7. The van der Waals surface area contributed by atoms with Crippen molar-refractivity contribution in [3.63, 3.8) is 0 Å². The molecule has 172 valence electrons. The average molecular weight is 561 g/mol. The molecule has 0 heterocycles. The van der Waals surface area contributed by atoms with Gasteiger partial charge < -0.3 is 15.4 Å². The fourth-order valence-electron chi connectivity index (χ4n) is 2.75. The zero-order chi connectivity index (χ0) is 21.7. The van der Waals surface area contributed by atoms with E-state index < -0.39 is 10.0 Å². The van der Waals surface area contributed by atoms with Crippen LogP contribution in [0, 0.1) is 0 Å². The molecule has 0 saturated carbocycles. The van der Waals surface area contributed by atoms with Gasteiger partial charge in [-0.2, -0.15) is 0 Å². The minimum absolute atomic E-state index is 0. The Kier molecular flexibility index (Phi) is 13.4. The number of hydrogen-bond donors (Lipinski definition) is 3. The van der Waals surface area contributed by atoms with Crippen molar-refractivity contribution in [1.29, 1.82) is 0 Å². The van der Waals surface area contributed by atoms with Crippen LogP contribution in [0.15, 0.2) is 65.7 Å². The van der Waals surface area contributed by atoms with Gasteiger partial charge >= 0.3 is 0 Å². The van der Waals surface area contributed by atoms with Crippen molar-refractivity contribution in [2.75, 3.05) is 32.5 Å². The van der Waals surface area contributed by atoms with Crippen molar-refractivity contribution in [1.82, 2.24) is 15.4 Å². The van der Waals surface area contributed by atoms with Crippen molar-refractivity contribution in [2.24, 2.45) is 4.99 Å². The Morgan fingerprint density at radius 2 is 1.61 bits per heavy atom. The molecule has 0 radical (unpaired) electrons. The molecular formula is C22H33IN4O3S. The normalized spacial score (nSPS) is 12.6. The van der Waals surface area contributed by atoms with E-state index >= 15 is 0 Å². The largest absolute Gasteiger partial charge is 0.374 e. The molecule has 0 spiro atoms. The van der Waals surface area contributed by atoms with Gasteiger partial charge in [0.05, 0.1) is 11.9 Å². The van der Waals surface area contributed by atoms with E-state index in [2.05, 4.69) is 32.5 Å². The maximum absolute atomic E-state index is 12.1. The van der Waals surface area contributed by atoms with Gasteiger partial charge in [0, 0.05) is 33.3 Å². The first-order valence-electron chi connectivity index (χ1n) is 10.1. The van der Waals surface area contributed by atoms with Gasteiger partial charge in [0.25, 0.3) is 0 Å². The Morgan fingerprint density at radius 3 is 2.26 bits per heavy atom. The molecule has 1 unspecified atom stereocenters. The van der Waals surface area contributed by atoms with Crippen LogP contribution >= 0.6 is 24.0 Å². The molecule has 2 aromatic rings. The third kappa shape index (κ3) is 11.5. The average Bonchev–Trinajstić information content (AvgIpc) is 2.77. The molecular weight excluding hydrogens is 527 g/mol. The summed E-state index contributed by atoms with van der Waals surface area (Å²) in [6.07, 6.45) is 0.867. The maximum Gasteiger partial charge on any atom is 0.213 e. The Morgan fingerprint density at radius 1 is 1.00 bits per heavy atom. The van der Waals surface area contributed by atoms with Crippen LogP contribution < -0.4 is 15.4 Å². The van der Waals surface area contributed by atoms with E-state index in [1.165, 1.54) is 0 Å². The topological polar surface area (TPSA) is 91.8 Å². The second kappa shape index (κ2) is 15.2. The van der Waals surface area contributed by atoms with Gasteiger partial charge in [-0.05, 0) is 24.5 Å². The van der Waals surface area contributed by atoms with Crippen molar-refractivity contribution in [3.05, 3.63) is 71.8 Å². The van der Waals surface area contributed by atoms with Gasteiger partial charge in [-0.1, -0.05) is 60.7 Å². The molecule has 7 nitrogen and oxygen atoms in total. The standard InChI is InChI=1S/C22H32N4O3S.HI/c1-19(21-12-7-4-8-13-21)29-16-9-14-24-22(23-2)25-15-17-30(27,28)26-18-20-10-5-3-6-11-20;/h3-8,10-13,19,26H,9,14-18H2,1-2H3,(H2,23,24,25);1H. The van der Waals surface area contributed by atoms with Gasteiger partial charge in [0.1, 0.15) is 0 Å². The van der Waals surface area contributed by atoms with Crippen LogP contribution in [0.25, 0.3) is 0 Å². The molecule has 0 aliphatic heterocycles. The van der Waals surface area contributed by atoms with Crippen LogP contribution in [0.4, 0.5) is 0 Å². The quantitative estimate of drug-likeness (QED) is 0.161. The third-order valence-electron chi connectivity index (χ3n) is 4.48. The summed E-state index contributed by atoms with van der Waals surface area (Å²) in [5, 5.41) is 6.20. The van der Waals surface area contributed by atoms with Gasteiger partial charge in [0.15, 0.2) is 5.96 Å². The Labute approximate surface area is 203 Å². The Hall–Kier alpha value is -1.69. The summed E-state index contributed by atoms with van der Waals surface area (Å²) in [4.78, 5) is 4.12. The zero-order valence-electron chi connectivity index (χ0n) is 18.1. The highest BCUT2D eigenvalue weighted by atomic mass is 127. The van der Waals surface area contributed by atoms with E-state index in [9.17, 15) is 8.42 Å². The molecule has 3 N–H and O–H groups in total. The fraction of sp³-hybridized carbons (Fsp3) is 0.409. The summed E-state index contributed by atoms with van der Waals surface area (Å²) in [5.41, 5.74) is 2.08. The van der Waals surface area contributed by atoms with Crippen molar-refractivity contribution < 1.29 is 13.2 Å². The zero-order valence-corrected chi connectivity index (χ0v) is 21.2. The van der Waals surface area contributed by atoms with Gasteiger partial charge in [-0.25, -0.2) is 13.1 Å². The lowest BCUT2D eigenvalue weighted by atomic mass is 10.1. The molecule has 0 fully saturated rings. The van der Waals surface area contributed by atoms with Crippen LogP contribution in [-0.2, 0) is 21.3 Å². The Balaban J connectivity index is 0.00000480. The first kappa shape index (κ1) is 27.3. The van der Waals surface area contributed by atoms with E-state index in [0.717, 1.165) is 17.5 Å². The van der Waals surface area contributed by atoms with Crippen LogP contribution in [0.5, 0.6) is 0 Å². The molecule has 0 amide bonds. The highest BCUT2D eigenvalue weighted by Gasteiger charge is 2.10. The van der Waals surface area contributed by atoms with Gasteiger partial charge in [0.2, 0.25) is 10.0 Å². The van der Waals surface area contributed by atoms with Gasteiger partial charge in [-0.15, -0.1) is 24.0 Å². The number of guanidine groups is 1. The van der Waals surface area contributed by atoms with Crippen molar-refractivity contribution in [3.8, 4) is 0 Å². The minimum Gasteiger partial charge on any atom is -0.374 e. The molecule has 2 rings (SSSR count). The molecule has 31 heavy (non-hydrogen) atoms. The van der Waals surface area contributed by atoms with Crippen molar-refractivity contribution >= 4 is 40.0 Å². The molecule has 0 aromatic heterocycles. The molecule has 0 bridgehead atoms. The molecule has 0 aliphatic carbocycles. The van der Waals surface area contributed by atoms with Crippen LogP contribution in [0.3, 0.4) is 0 Å². The number of halogens is 1. The summed E-state index contributed by atoms with van der Waals surface area (Å²) >= 11 is 0. The maximum atomic E-state index is 12.1. The third-order valence-corrected chi connectivity index (χ3v) is 5.80. The van der Waals surface area contributed by atoms with Crippen LogP contribution in [0.2, 0.25) is 0 Å². The highest BCUT2D eigenvalue weighted by molar-refractivity contribution is 14.0. The number of nitrogens with zero attached hydrogens (tertiary/aromatic N) is 1. The predicted octanol–water partition coefficient (Wildman–Crippen LogP) is 3.06. The Bertz CT molecular complexity index is 865. The second-order valence-corrected chi connectivity index (χ2v) is 8.76. The summed E-state index contributed by atoms with van der Waals surface area (Å²) in [6.45, 7) is 3.90. The molecule has 0 saturated heterocycles. The lowest BCUT2D eigenvalue weighted by Gasteiger charge is -2.15. The van der Waals surface area contributed by atoms with E-state index in [1.54, 1.807) is 7.05 Å². The van der Waals surface area contributed by atoms with Crippen LogP contribution in [0.1, 0.15) is 30.6 Å². The number of aliphatic imine (C=N–C) groups is 1. The number of rotatable bonds is 12. The SMILES string of the molecule is CN=C(NCCCOC(C)c1ccccc1)NCCS(=O)(=O)NCc1ccccc1.I. The van der Waals surface area contributed by atoms with Crippen molar-refractivity contribution in [2.45, 2.75) is 26.0 Å². The fourth-order valence-corrected chi connectivity index (χ4v) is 3.65. The molecule has 0 aliphatic rings. The van der Waals surface area contributed by atoms with E-state index in [-0.39, 0.29) is 48.9 Å². The van der Waals surface area contributed by atoms with E-state index in [1.807, 2.05) is 55.5 Å². The van der Waals surface area contributed by atoms with E-state index in [4.69, 9.17) is 4.74 Å². The predicted molar refractivity (Wildman–Crippen MR) is 137 cm³/mol. The first-order chi connectivity index (χ1) is 14.5. The lowest BCUT2D eigenvalue weighted by Crippen LogP contribution is -2.41. The monoisotopic (exact) mass is 560 g/mol. The summed E-state index contributed by atoms with van der Waals surface area (Å²) in [6, 6.07) is 19.5. The smallest absolute Gasteiger partial charge is 0.213 e. The number of ether oxygens (including phenoxy) is 1. The minimum atomic E-state index is -3.36. The molecule has 9 heteroatoms. The lowest BCUT2D eigenvalue weighted by molar-refractivity contribution is 0.0646. The molecule has 2 aromatic carbocycles. The van der Waals surface area contributed by atoms with Crippen LogP contribution in [-0.4, -0.2) is 46.9 Å². The summed E-state index contributed by atoms with van der Waals surface area (Å²) in [5.74, 6) is 0.544. The van der Waals surface area contributed by atoms with Gasteiger partial charge in [-0.3, -0.25) is 4.99 Å². The molecule has 1 atom stereocenters. The number of hydrogen-bond acceptors (Lipinski definition) is 4. The first-order valence-corrected chi connectivity index (χ1v) is 11.8.